The maximum atomic E-state index is 14.0. The summed E-state index contributed by atoms with van der Waals surface area (Å²) in [5, 5.41) is 1.56. The number of nitrogens with one attached hydrogen (secondary N) is 1. The third-order valence-electron chi connectivity index (χ3n) is 4.47. The monoisotopic (exact) mass is 299 g/mol. The van der Waals surface area contributed by atoms with Crippen LogP contribution in [-0.4, -0.2) is 23.0 Å². The van der Waals surface area contributed by atoms with E-state index in [9.17, 15) is 9.18 Å². The first kappa shape index (κ1) is 13.1. The number of hydrogen-bond donors (Lipinski definition) is 2. The summed E-state index contributed by atoms with van der Waals surface area (Å²) < 4.78 is 19.0. The fraction of sp³-hybridized carbons (Fsp3) is 0.250. The van der Waals surface area contributed by atoms with E-state index in [-0.39, 0.29) is 11.7 Å². The van der Waals surface area contributed by atoms with E-state index in [2.05, 4.69) is 9.97 Å². The molecule has 0 saturated heterocycles. The summed E-state index contributed by atoms with van der Waals surface area (Å²) in [6, 6.07) is 4.85. The number of methoxy groups -OCH3 is 1. The number of primary amides is 1. The fourth-order valence-electron chi connectivity index (χ4n) is 3.07. The number of fused-ring (bicyclic) bond motifs is 3. The summed E-state index contributed by atoms with van der Waals surface area (Å²) in [6.45, 7) is 0. The van der Waals surface area contributed by atoms with Gasteiger partial charge >= 0.3 is 0 Å². The van der Waals surface area contributed by atoms with Crippen molar-refractivity contribution < 1.29 is 13.9 Å². The van der Waals surface area contributed by atoms with E-state index in [1.165, 1.54) is 13.2 Å². The van der Waals surface area contributed by atoms with E-state index in [1.807, 2.05) is 0 Å². The van der Waals surface area contributed by atoms with Gasteiger partial charge in [0.15, 0.2) is 11.6 Å². The van der Waals surface area contributed by atoms with Crippen molar-refractivity contribution in [3.05, 3.63) is 35.9 Å². The number of H-pyrrole nitrogens is 1. The number of pyridine rings is 1. The molecule has 5 nitrogen and oxygen atoms in total. The Balaban J connectivity index is 2.06. The maximum absolute atomic E-state index is 14.0. The van der Waals surface area contributed by atoms with Crippen LogP contribution in [0.4, 0.5) is 4.39 Å². The van der Waals surface area contributed by atoms with Crippen molar-refractivity contribution in [3.63, 3.8) is 0 Å². The quantitative estimate of drug-likeness (QED) is 0.779. The van der Waals surface area contributed by atoms with Gasteiger partial charge in [0.2, 0.25) is 5.91 Å². The maximum Gasteiger partial charge on any atom is 0.229 e. The molecule has 3 N–H and O–H groups in total. The van der Waals surface area contributed by atoms with Crippen molar-refractivity contribution in [1.29, 1.82) is 0 Å². The van der Waals surface area contributed by atoms with Crippen molar-refractivity contribution in [1.82, 2.24) is 9.97 Å². The first-order valence-electron chi connectivity index (χ1n) is 7.01. The Morgan fingerprint density at radius 3 is 2.82 bits per heavy atom. The predicted molar refractivity (Wildman–Crippen MR) is 80.2 cm³/mol. The topological polar surface area (TPSA) is 81.0 Å². The molecule has 112 valence electrons. The van der Waals surface area contributed by atoms with Gasteiger partial charge in [-0.2, -0.15) is 0 Å². The second-order valence-electron chi connectivity index (χ2n) is 5.69. The number of carbonyl (C=O) groups excluding carboxylic acids is 1. The zero-order valence-corrected chi connectivity index (χ0v) is 11.9. The van der Waals surface area contributed by atoms with E-state index in [1.54, 1.807) is 18.3 Å². The molecule has 0 bridgehead atoms. The van der Waals surface area contributed by atoms with Gasteiger partial charge in [-0.05, 0) is 25.0 Å². The third-order valence-corrected chi connectivity index (χ3v) is 4.47. The highest BCUT2D eigenvalue weighted by molar-refractivity contribution is 6.09. The van der Waals surface area contributed by atoms with Crippen molar-refractivity contribution in [3.8, 4) is 5.75 Å². The first-order chi connectivity index (χ1) is 10.6. The number of aromatic amines is 1. The highest BCUT2D eigenvalue weighted by Crippen LogP contribution is 2.49. The number of nitrogens with zero attached hydrogens (tertiary/aromatic N) is 1. The van der Waals surface area contributed by atoms with Crippen molar-refractivity contribution in [2.75, 3.05) is 7.11 Å². The molecule has 1 aromatic carbocycles. The molecule has 1 aliphatic carbocycles. The number of ether oxygens (including phenoxy) is 1. The number of hydrogen-bond acceptors (Lipinski definition) is 3. The third kappa shape index (κ3) is 1.57. The van der Waals surface area contributed by atoms with Crippen LogP contribution in [0.1, 0.15) is 18.5 Å². The normalized spacial score (nSPS) is 16.1. The SMILES string of the molecule is COc1cc2[nH]c3c(C4(C(N)=O)CC4)nccc3c2cc1F. The van der Waals surface area contributed by atoms with Crippen LogP contribution in [0.3, 0.4) is 0 Å². The van der Waals surface area contributed by atoms with Gasteiger partial charge in [0, 0.05) is 23.0 Å². The van der Waals surface area contributed by atoms with Gasteiger partial charge in [0.1, 0.15) is 0 Å². The molecule has 4 rings (SSSR count). The van der Waals surface area contributed by atoms with Crippen LogP contribution in [0.25, 0.3) is 21.8 Å². The van der Waals surface area contributed by atoms with Gasteiger partial charge < -0.3 is 15.5 Å². The fourth-order valence-corrected chi connectivity index (χ4v) is 3.07. The number of rotatable bonds is 3. The first-order valence-corrected chi connectivity index (χ1v) is 7.01. The lowest BCUT2D eigenvalue weighted by molar-refractivity contribution is -0.120. The minimum Gasteiger partial charge on any atom is -0.494 e. The van der Waals surface area contributed by atoms with Crippen LogP contribution in [0.5, 0.6) is 5.75 Å². The van der Waals surface area contributed by atoms with Crippen LogP contribution in [0.15, 0.2) is 24.4 Å². The summed E-state index contributed by atoms with van der Waals surface area (Å²) in [7, 11) is 1.42. The number of benzene rings is 1. The number of nitrogens with two attached hydrogens (primary N) is 1. The molecule has 0 aliphatic heterocycles. The highest BCUT2D eigenvalue weighted by atomic mass is 19.1. The van der Waals surface area contributed by atoms with Crippen LogP contribution in [0, 0.1) is 5.82 Å². The van der Waals surface area contributed by atoms with Gasteiger partial charge in [0.25, 0.3) is 0 Å². The van der Waals surface area contributed by atoms with Crippen molar-refractivity contribution in [2.45, 2.75) is 18.3 Å². The second-order valence-corrected chi connectivity index (χ2v) is 5.69. The van der Waals surface area contributed by atoms with Crippen LogP contribution in [0.2, 0.25) is 0 Å². The summed E-state index contributed by atoms with van der Waals surface area (Å²) in [4.78, 5) is 19.4. The molecular weight excluding hydrogens is 285 g/mol. The molecule has 6 heteroatoms. The number of amides is 1. The molecule has 1 aliphatic rings. The van der Waals surface area contributed by atoms with E-state index in [0.29, 0.717) is 18.5 Å². The molecule has 1 amide bonds. The van der Waals surface area contributed by atoms with Gasteiger partial charge in [0.05, 0.1) is 29.3 Å². The Kier molecular flexibility index (Phi) is 2.49. The largest absolute Gasteiger partial charge is 0.494 e. The summed E-state index contributed by atoms with van der Waals surface area (Å²) >= 11 is 0. The molecule has 2 heterocycles. The van der Waals surface area contributed by atoms with Crippen LogP contribution < -0.4 is 10.5 Å². The lowest BCUT2D eigenvalue weighted by Crippen LogP contribution is -2.29. The Morgan fingerprint density at radius 2 is 2.18 bits per heavy atom. The second kappa shape index (κ2) is 4.19. The molecule has 22 heavy (non-hydrogen) atoms. The molecule has 0 atom stereocenters. The van der Waals surface area contributed by atoms with Gasteiger partial charge in [-0.3, -0.25) is 9.78 Å². The smallest absolute Gasteiger partial charge is 0.229 e. The average molecular weight is 299 g/mol. The van der Waals surface area contributed by atoms with Crippen LogP contribution >= 0.6 is 0 Å². The zero-order valence-electron chi connectivity index (χ0n) is 11.9. The average Bonchev–Trinajstić information content (AvgIpc) is 3.24. The Labute approximate surface area is 125 Å². The van der Waals surface area contributed by atoms with Gasteiger partial charge in [-0.1, -0.05) is 0 Å². The van der Waals surface area contributed by atoms with Crippen molar-refractivity contribution in [2.24, 2.45) is 5.73 Å². The predicted octanol–water partition coefficient (Wildman–Crippen LogP) is 2.38. The van der Waals surface area contributed by atoms with E-state index in [4.69, 9.17) is 10.5 Å². The zero-order chi connectivity index (χ0) is 15.5. The van der Waals surface area contributed by atoms with E-state index in [0.717, 1.165) is 21.8 Å². The van der Waals surface area contributed by atoms with E-state index < -0.39 is 11.2 Å². The Morgan fingerprint density at radius 1 is 1.41 bits per heavy atom. The molecule has 0 spiro atoms. The minimum atomic E-state index is -0.691. The Hall–Kier alpha value is -2.63. The molecule has 0 unspecified atom stereocenters. The lowest BCUT2D eigenvalue weighted by atomic mass is 9.99. The van der Waals surface area contributed by atoms with E-state index >= 15 is 0 Å². The number of halogens is 1. The number of carbonyl (C=O) groups is 1. The van der Waals surface area contributed by atoms with Gasteiger partial charge in [-0.15, -0.1) is 0 Å². The molecular formula is C16H14FN3O2. The lowest BCUT2D eigenvalue weighted by Gasteiger charge is -2.10. The summed E-state index contributed by atoms with van der Waals surface area (Å²) in [6.07, 6.45) is 3.03. The summed E-state index contributed by atoms with van der Waals surface area (Å²) in [5.41, 5.74) is 6.98. The molecule has 0 radical (unpaired) electrons. The van der Waals surface area contributed by atoms with Gasteiger partial charge in [-0.25, -0.2) is 4.39 Å². The number of aromatic nitrogens is 2. The Bertz CT molecular complexity index is 928. The molecule has 3 aromatic rings. The summed E-state index contributed by atoms with van der Waals surface area (Å²) in [5.74, 6) is -0.621. The van der Waals surface area contributed by atoms with Crippen LogP contribution in [-0.2, 0) is 10.2 Å². The highest BCUT2D eigenvalue weighted by Gasteiger charge is 2.52. The minimum absolute atomic E-state index is 0.171. The van der Waals surface area contributed by atoms with Crippen molar-refractivity contribution >= 4 is 27.7 Å². The standard InChI is InChI=1S/C16H14FN3O2/c1-22-12-7-11-9(6-10(12)17)8-2-5-19-14(13(8)20-11)16(3-4-16)15(18)21/h2,5-7,20H,3-4H2,1H3,(H2,18,21). The molecule has 1 saturated carbocycles. The molecule has 1 fully saturated rings. The molecule has 2 aromatic heterocycles.